The molecule has 0 spiro atoms. The largest absolute Gasteiger partial charge is 0.480 e. The molecule has 1 aromatic rings. The number of aliphatic hydroxyl groups excluding tert-OH is 1. The molecule has 1 aromatic carbocycles. The van der Waals surface area contributed by atoms with Gasteiger partial charge < -0.3 is 10.2 Å². The summed E-state index contributed by atoms with van der Waals surface area (Å²) in [4.78, 5) is 13.2. The van der Waals surface area contributed by atoms with Gasteiger partial charge in [0.15, 0.2) is 0 Å². The Hall–Kier alpha value is -1.39. The van der Waals surface area contributed by atoms with Gasteiger partial charge in [0.25, 0.3) is 0 Å². The van der Waals surface area contributed by atoms with Gasteiger partial charge in [0, 0.05) is 6.54 Å². The van der Waals surface area contributed by atoms with Gasteiger partial charge in [0.1, 0.15) is 6.04 Å². The van der Waals surface area contributed by atoms with Crippen molar-refractivity contribution in [3.63, 3.8) is 0 Å². The van der Waals surface area contributed by atoms with E-state index < -0.39 is 12.0 Å². The van der Waals surface area contributed by atoms with Crippen LogP contribution in [-0.4, -0.2) is 40.8 Å². The third-order valence-corrected chi connectivity index (χ3v) is 3.31. The van der Waals surface area contributed by atoms with Crippen LogP contribution in [0.15, 0.2) is 24.3 Å². The number of carbonyl (C=O) groups is 1. The van der Waals surface area contributed by atoms with Crippen LogP contribution in [0, 0.1) is 0 Å². The summed E-state index contributed by atoms with van der Waals surface area (Å²) in [6, 6.07) is 6.99. The van der Waals surface area contributed by atoms with E-state index in [0.29, 0.717) is 19.0 Å². The van der Waals surface area contributed by atoms with Crippen LogP contribution in [0.2, 0.25) is 0 Å². The number of aliphatic carboxylic acids is 1. The summed E-state index contributed by atoms with van der Waals surface area (Å²) in [5.74, 6) is -0.454. The van der Waals surface area contributed by atoms with Crippen LogP contribution in [0.3, 0.4) is 0 Å². The molecular weight excluding hydrogens is 242 g/mol. The van der Waals surface area contributed by atoms with Crippen LogP contribution in [0.4, 0.5) is 0 Å². The van der Waals surface area contributed by atoms with E-state index in [0.717, 1.165) is 5.56 Å². The molecule has 2 N–H and O–H groups in total. The summed E-state index contributed by atoms with van der Waals surface area (Å²) in [6.45, 7) is 7.01. The van der Waals surface area contributed by atoms with Gasteiger partial charge in [-0.05, 0) is 23.6 Å². The number of nitrogens with zero attached hydrogens (tertiary/aromatic N) is 1. The molecule has 1 unspecified atom stereocenters. The second-order valence-electron chi connectivity index (χ2n) is 4.91. The fraction of sp³-hybridized carbons (Fsp3) is 0.533. The summed E-state index contributed by atoms with van der Waals surface area (Å²) >= 11 is 0. The molecule has 1 rings (SSSR count). The Morgan fingerprint density at radius 1 is 1.21 bits per heavy atom. The summed E-state index contributed by atoms with van der Waals surface area (Å²) in [7, 11) is 0. The lowest BCUT2D eigenvalue weighted by Crippen LogP contribution is -2.36. The zero-order valence-electron chi connectivity index (χ0n) is 11.8. The number of benzene rings is 1. The molecule has 0 aliphatic carbocycles. The lowest BCUT2D eigenvalue weighted by Gasteiger charge is -2.27. The Balaban J connectivity index is 3.01. The van der Waals surface area contributed by atoms with Crippen molar-refractivity contribution in [1.82, 2.24) is 4.90 Å². The van der Waals surface area contributed by atoms with Crippen molar-refractivity contribution < 1.29 is 15.0 Å². The molecule has 0 saturated heterocycles. The molecule has 0 saturated carbocycles. The van der Waals surface area contributed by atoms with Gasteiger partial charge >= 0.3 is 5.97 Å². The number of rotatable bonds is 7. The summed E-state index contributed by atoms with van der Waals surface area (Å²) in [5, 5.41) is 18.4. The summed E-state index contributed by atoms with van der Waals surface area (Å²) in [5.41, 5.74) is 1.95. The number of hydrogen-bond acceptors (Lipinski definition) is 3. The predicted octanol–water partition coefficient (Wildman–Crippen LogP) is 2.25. The van der Waals surface area contributed by atoms with E-state index in [1.54, 1.807) is 4.90 Å². The molecule has 106 valence electrons. The normalized spacial score (nSPS) is 12.9. The maximum Gasteiger partial charge on any atom is 0.325 e. The Bertz CT molecular complexity index is 400. The lowest BCUT2D eigenvalue weighted by molar-refractivity contribution is -0.143. The van der Waals surface area contributed by atoms with Crippen LogP contribution in [0.5, 0.6) is 0 Å². The second kappa shape index (κ2) is 7.26. The molecule has 0 aliphatic rings. The van der Waals surface area contributed by atoms with Crippen molar-refractivity contribution >= 4 is 5.97 Å². The van der Waals surface area contributed by atoms with Crippen LogP contribution in [0.1, 0.15) is 43.9 Å². The fourth-order valence-corrected chi connectivity index (χ4v) is 2.17. The monoisotopic (exact) mass is 265 g/mol. The van der Waals surface area contributed by atoms with Crippen LogP contribution < -0.4 is 0 Å². The van der Waals surface area contributed by atoms with Crippen molar-refractivity contribution in [2.75, 3.05) is 19.7 Å². The molecular formula is C15H23NO3. The first-order valence-corrected chi connectivity index (χ1v) is 6.68. The van der Waals surface area contributed by atoms with Crippen molar-refractivity contribution in [1.29, 1.82) is 0 Å². The zero-order chi connectivity index (χ0) is 14.4. The Labute approximate surface area is 114 Å². The molecule has 19 heavy (non-hydrogen) atoms. The molecule has 0 aromatic heterocycles. The third-order valence-electron chi connectivity index (χ3n) is 3.31. The molecule has 0 amide bonds. The molecule has 1 atom stereocenters. The first-order chi connectivity index (χ1) is 9.01. The highest BCUT2D eigenvalue weighted by molar-refractivity contribution is 5.75. The standard InChI is InChI=1S/C15H23NO3/c1-4-16(9-10-17)14(15(18)19)13-7-5-12(6-8-13)11(2)3/h5-8,11,14,17H,4,9-10H2,1-3H3,(H,18,19). The first-order valence-electron chi connectivity index (χ1n) is 6.68. The maximum atomic E-state index is 11.5. The van der Waals surface area contributed by atoms with E-state index in [9.17, 15) is 9.90 Å². The average molecular weight is 265 g/mol. The van der Waals surface area contributed by atoms with Gasteiger partial charge in [0.2, 0.25) is 0 Å². The van der Waals surface area contributed by atoms with E-state index in [1.807, 2.05) is 31.2 Å². The van der Waals surface area contributed by atoms with Crippen molar-refractivity contribution in [2.24, 2.45) is 0 Å². The summed E-state index contributed by atoms with van der Waals surface area (Å²) in [6.07, 6.45) is 0. The highest BCUT2D eigenvalue weighted by Crippen LogP contribution is 2.23. The van der Waals surface area contributed by atoms with Crippen molar-refractivity contribution in [3.8, 4) is 0 Å². The smallest absolute Gasteiger partial charge is 0.325 e. The number of carboxylic acid groups (broad SMARTS) is 1. The molecule has 0 radical (unpaired) electrons. The molecule has 4 nitrogen and oxygen atoms in total. The zero-order valence-corrected chi connectivity index (χ0v) is 11.8. The van der Waals surface area contributed by atoms with E-state index >= 15 is 0 Å². The van der Waals surface area contributed by atoms with Crippen LogP contribution in [0.25, 0.3) is 0 Å². The van der Waals surface area contributed by atoms with E-state index in [2.05, 4.69) is 13.8 Å². The SMILES string of the molecule is CCN(CCO)C(C(=O)O)c1ccc(C(C)C)cc1. The molecule has 0 fully saturated rings. The van der Waals surface area contributed by atoms with Crippen molar-refractivity contribution in [3.05, 3.63) is 35.4 Å². The van der Waals surface area contributed by atoms with Gasteiger partial charge in [-0.1, -0.05) is 45.0 Å². The number of hydrogen-bond donors (Lipinski definition) is 2. The maximum absolute atomic E-state index is 11.5. The lowest BCUT2D eigenvalue weighted by atomic mass is 9.98. The average Bonchev–Trinajstić information content (AvgIpc) is 2.38. The predicted molar refractivity (Wildman–Crippen MR) is 75.2 cm³/mol. The number of aliphatic hydroxyl groups is 1. The van der Waals surface area contributed by atoms with E-state index in [-0.39, 0.29) is 6.61 Å². The Morgan fingerprint density at radius 3 is 2.11 bits per heavy atom. The van der Waals surface area contributed by atoms with Crippen LogP contribution >= 0.6 is 0 Å². The summed E-state index contributed by atoms with van der Waals surface area (Å²) < 4.78 is 0. The van der Waals surface area contributed by atoms with Gasteiger partial charge in [-0.15, -0.1) is 0 Å². The second-order valence-corrected chi connectivity index (χ2v) is 4.91. The van der Waals surface area contributed by atoms with Gasteiger partial charge in [-0.25, -0.2) is 0 Å². The molecule has 0 aliphatic heterocycles. The minimum absolute atomic E-state index is 0.0400. The quantitative estimate of drug-likeness (QED) is 0.794. The molecule has 0 heterocycles. The minimum atomic E-state index is -0.882. The molecule has 4 heteroatoms. The van der Waals surface area contributed by atoms with Gasteiger partial charge in [0.05, 0.1) is 6.61 Å². The minimum Gasteiger partial charge on any atom is -0.480 e. The number of carboxylic acids is 1. The van der Waals surface area contributed by atoms with Crippen LogP contribution in [-0.2, 0) is 4.79 Å². The number of likely N-dealkylation sites (N-methyl/N-ethyl adjacent to an activating group) is 1. The van der Waals surface area contributed by atoms with E-state index in [4.69, 9.17) is 5.11 Å². The first kappa shape index (κ1) is 15.7. The molecule has 0 bridgehead atoms. The van der Waals surface area contributed by atoms with Crippen molar-refractivity contribution in [2.45, 2.75) is 32.7 Å². The third kappa shape index (κ3) is 4.04. The van der Waals surface area contributed by atoms with Gasteiger partial charge in [-0.2, -0.15) is 0 Å². The fourth-order valence-electron chi connectivity index (χ4n) is 2.17. The Kier molecular flexibility index (Phi) is 5.99. The highest BCUT2D eigenvalue weighted by Gasteiger charge is 2.25. The topological polar surface area (TPSA) is 60.8 Å². The van der Waals surface area contributed by atoms with Gasteiger partial charge in [-0.3, -0.25) is 9.69 Å². The Morgan fingerprint density at radius 2 is 1.74 bits per heavy atom. The van der Waals surface area contributed by atoms with E-state index in [1.165, 1.54) is 5.56 Å². The highest BCUT2D eigenvalue weighted by atomic mass is 16.4.